The molecule has 2 nitrogen and oxygen atoms in total. The first-order valence-electron chi connectivity index (χ1n) is 6.91. The van der Waals surface area contributed by atoms with Gasteiger partial charge in [0.25, 0.3) is 0 Å². The van der Waals surface area contributed by atoms with Gasteiger partial charge < -0.3 is 5.32 Å². The SMILES string of the molecule is CC(C)CCC(C)Nc1cccc(-c2nccs2)c1. The summed E-state index contributed by atoms with van der Waals surface area (Å²) >= 11 is 1.68. The third kappa shape index (κ3) is 4.35. The number of hydrogen-bond acceptors (Lipinski definition) is 3. The van der Waals surface area contributed by atoms with Crippen LogP contribution in [0, 0.1) is 5.92 Å². The number of aromatic nitrogens is 1. The van der Waals surface area contributed by atoms with Gasteiger partial charge in [0.15, 0.2) is 0 Å². The summed E-state index contributed by atoms with van der Waals surface area (Å²) < 4.78 is 0. The van der Waals surface area contributed by atoms with Crippen molar-refractivity contribution >= 4 is 17.0 Å². The molecule has 0 saturated carbocycles. The highest BCUT2D eigenvalue weighted by Gasteiger charge is 2.05. The number of nitrogens with one attached hydrogen (secondary N) is 1. The Morgan fingerprint density at radius 3 is 2.74 bits per heavy atom. The van der Waals surface area contributed by atoms with E-state index in [9.17, 15) is 0 Å². The van der Waals surface area contributed by atoms with E-state index in [1.165, 1.54) is 24.1 Å². The van der Waals surface area contributed by atoms with E-state index in [1.54, 1.807) is 11.3 Å². The molecule has 2 rings (SSSR count). The summed E-state index contributed by atoms with van der Waals surface area (Å²) in [7, 11) is 0. The Balaban J connectivity index is 1.99. The van der Waals surface area contributed by atoms with Crippen molar-refractivity contribution in [2.24, 2.45) is 5.92 Å². The predicted molar refractivity (Wildman–Crippen MR) is 84.7 cm³/mol. The normalized spacial score (nSPS) is 12.6. The molecule has 0 amide bonds. The maximum absolute atomic E-state index is 4.36. The van der Waals surface area contributed by atoms with Crippen molar-refractivity contribution in [3.63, 3.8) is 0 Å². The van der Waals surface area contributed by atoms with Gasteiger partial charge in [-0.15, -0.1) is 11.3 Å². The van der Waals surface area contributed by atoms with Gasteiger partial charge in [0, 0.05) is 28.9 Å². The molecule has 1 aromatic carbocycles. The van der Waals surface area contributed by atoms with Crippen molar-refractivity contribution in [1.82, 2.24) is 4.98 Å². The van der Waals surface area contributed by atoms with Gasteiger partial charge in [-0.2, -0.15) is 0 Å². The average Bonchev–Trinajstić information content (AvgIpc) is 2.90. The predicted octanol–water partition coefficient (Wildman–Crippen LogP) is 5.05. The fourth-order valence-corrected chi connectivity index (χ4v) is 2.68. The Bertz CT molecular complexity index is 491. The molecule has 19 heavy (non-hydrogen) atoms. The van der Waals surface area contributed by atoms with Gasteiger partial charge in [-0.25, -0.2) is 4.98 Å². The summed E-state index contributed by atoms with van der Waals surface area (Å²) in [6, 6.07) is 9.03. The topological polar surface area (TPSA) is 24.9 Å². The highest BCUT2D eigenvalue weighted by Crippen LogP contribution is 2.25. The van der Waals surface area contributed by atoms with E-state index in [0.29, 0.717) is 6.04 Å². The van der Waals surface area contributed by atoms with Gasteiger partial charge in [-0.3, -0.25) is 0 Å². The van der Waals surface area contributed by atoms with E-state index in [2.05, 4.69) is 55.3 Å². The molecule has 0 radical (unpaired) electrons. The van der Waals surface area contributed by atoms with E-state index in [4.69, 9.17) is 0 Å². The molecule has 1 atom stereocenters. The fraction of sp³-hybridized carbons (Fsp3) is 0.438. The maximum atomic E-state index is 4.36. The van der Waals surface area contributed by atoms with E-state index >= 15 is 0 Å². The van der Waals surface area contributed by atoms with Crippen molar-refractivity contribution in [2.75, 3.05) is 5.32 Å². The third-order valence-electron chi connectivity index (χ3n) is 3.13. The third-order valence-corrected chi connectivity index (χ3v) is 3.95. The smallest absolute Gasteiger partial charge is 0.123 e. The van der Waals surface area contributed by atoms with Crippen molar-refractivity contribution in [3.05, 3.63) is 35.8 Å². The average molecular weight is 274 g/mol. The molecular formula is C16H22N2S. The van der Waals surface area contributed by atoms with Crippen molar-refractivity contribution in [1.29, 1.82) is 0 Å². The molecule has 1 aromatic heterocycles. The minimum absolute atomic E-state index is 0.508. The first-order valence-corrected chi connectivity index (χ1v) is 7.79. The first kappa shape index (κ1) is 14.1. The molecule has 0 aliphatic heterocycles. The lowest BCUT2D eigenvalue weighted by molar-refractivity contribution is 0.528. The molecule has 0 bridgehead atoms. The number of benzene rings is 1. The maximum Gasteiger partial charge on any atom is 0.123 e. The first-order chi connectivity index (χ1) is 9.15. The second-order valence-electron chi connectivity index (χ2n) is 5.43. The van der Waals surface area contributed by atoms with Crippen molar-refractivity contribution in [2.45, 2.75) is 39.7 Å². The zero-order valence-corrected chi connectivity index (χ0v) is 12.7. The Morgan fingerprint density at radius 1 is 1.21 bits per heavy atom. The van der Waals surface area contributed by atoms with Crippen LogP contribution in [-0.4, -0.2) is 11.0 Å². The highest BCUT2D eigenvalue weighted by atomic mass is 32.1. The number of nitrogens with zero attached hydrogens (tertiary/aromatic N) is 1. The molecule has 0 fully saturated rings. The summed E-state index contributed by atoms with van der Waals surface area (Å²) in [6.45, 7) is 6.80. The van der Waals surface area contributed by atoms with Crippen LogP contribution in [0.15, 0.2) is 35.8 Å². The number of thiazole rings is 1. The largest absolute Gasteiger partial charge is 0.383 e. The van der Waals surface area contributed by atoms with Crippen LogP contribution < -0.4 is 5.32 Å². The quantitative estimate of drug-likeness (QED) is 0.797. The number of hydrogen-bond donors (Lipinski definition) is 1. The zero-order valence-electron chi connectivity index (χ0n) is 11.9. The minimum Gasteiger partial charge on any atom is -0.383 e. The van der Waals surface area contributed by atoms with Gasteiger partial charge in [-0.1, -0.05) is 26.0 Å². The summed E-state index contributed by atoms with van der Waals surface area (Å²) in [4.78, 5) is 4.36. The summed E-state index contributed by atoms with van der Waals surface area (Å²) in [5, 5.41) is 6.67. The molecule has 1 N–H and O–H groups in total. The lowest BCUT2D eigenvalue weighted by Crippen LogP contribution is -2.15. The lowest BCUT2D eigenvalue weighted by Gasteiger charge is -2.16. The van der Waals surface area contributed by atoms with Crippen LogP contribution in [0.2, 0.25) is 0 Å². The summed E-state index contributed by atoms with van der Waals surface area (Å²) in [6.07, 6.45) is 4.32. The van der Waals surface area contributed by atoms with Crippen LogP contribution in [0.5, 0.6) is 0 Å². The van der Waals surface area contributed by atoms with Crippen molar-refractivity contribution in [3.8, 4) is 10.6 Å². The van der Waals surface area contributed by atoms with Crippen LogP contribution in [0.4, 0.5) is 5.69 Å². The Hall–Kier alpha value is -1.35. The second-order valence-corrected chi connectivity index (χ2v) is 6.33. The number of rotatable bonds is 6. The van der Waals surface area contributed by atoms with Gasteiger partial charge in [0.1, 0.15) is 5.01 Å². The fourth-order valence-electron chi connectivity index (χ4n) is 2.05. The lowest BCUT2D eigenvalue weighted by atomic mass is 10.0. The van der Waals surface area contributed by atoms with Gasteiger partial charge in [0.2, 0.25) is 0 Å². The van der Waals surface area contributed by atoms with E-state index < -0.39 is 0 Å². The molecule has 102 valence electrons. The molecule has 2 aromatic rings. The van der Waals surface area contributed by atoms with Gasteiger partial charge >= 0.3 is 0 Å². The highest BCUT2D eigenvalue weighted by molar-refractivity contribution is 7.13. The Morgan fingerprint density at radius 2 is 2.05 bits per heavy atom. The monoisotopic (exact) mass is 274 g/mol. The molecule has 0 spiro atoms. The molecule has 1 unspecified atom stereocenters. The Kier molecular flexibility index (Phi) is 4.97. The molecule has 3 heteroatoms. The zero-order chi connectivity index (χ0) is 13.7. The summed E-state index contributed by atoms with van der Waals surface area (Å²) in [5.74, 6) is 0.769. The van der Waals surface area contributed by atoms with Crippen LogP contribution in [-0.2, 0) is 0 Å². The Labute approximate surface area is 119 Å². The standard InChI is InChI=1S/C16H22N2S/c1-12(2)7-8-13(3)18-15-6-4-5-14(11-15)16-17-9-10-19-16/h4-6,9-13,18H,7-8H2,1-3H3. The van der Waals surface area contributed by atoms with Crippen LogP contribution in [0.25, 0.3) is 10.6 Å². The van der Waals surface area contributed by atoms with E-state index in [1.807, 2.05) is 11.6 Å². The van der Waals surface area contributed by atoms with Crippen molar-refractivity contribution < 1.29 is 0 Å². The molecule has 0 aliphatic rings. The molecule has 1 heterocycles. The molecule has 0 aliphatic carbocycles. The van der Waals surface area contributed by atoms with Crippen LogP contribution in [0.1, 0.15) is 33.6 Å². The van der Waals surface area contributed by atoms with E-state index in [0.717, 1.165) is 10.9 Å². The van der Waals surface area contributed by atoms with Gasteiger partial charge in [0.05, 0.1) is 0 Å². The van der Waals surface area contributed by atoms with Crippen LogP contribution in [0.3, 0.4) is 0 Å². The summed E-state index contributed by atoms with van der Waals surface area (Å²) in [5.41, 5.74) is 2.38. The van der Waals surface area contributed by atoms with E-state index in [-0.39, 0.29) is 0 Å². The second kappa shape index (κ2) is 6.71. The molecule has 0 saturated heterocycles. The molecular weight excluding hydrogens is 252 g/mol. The van der Waals surface area contributed by atoms with Crippen LogP contribution >= 0.6 is 11.3 Å². The van der Waals surface area contributed by atoms with Gasteiger partial charge in [-0.05, 0) is 37.8 Å². The number of anilines is 1. The minimum atomic E-state index is 0.508.